The van der Waals surface area contributed by atoms with Crippen LogP contribution in [0.15, 0.2) is 18.2 Å². The minimum Gasteiger partial charge on any atom is -0.494 e. The molecular weight excluding hydrogens is 412 g/mol. The summed E-state index contributed by atoms with van der Waals surface area (Å²) < 4.78 is 6.46. The van der Waals surface area contributed by atoms with Crippen LogP contribution in [-0.2, 0) is 17.6 Å². The molecule has 1 aromatic carbocycles. The Labute approximate surface area is 179 Å². The molecule has 0 saturated carbocycles. The molecule has 0 radical (unpaired) electrons. The number of nitrogens with one attached hydrogen (secondary N) is 1. The van der Waals surface area contributed by atoms with Gasteiger partial charge in [-0.1, -0.05) is 23.8 Å². The van der Waals surface area contributed by atoms with Crippen molar-refractivity contribution in [2.75, 3.05) is 11.9 Å². The Morgan fingerprint density at radius 2 is 2.11 bits per heavy atom. The third kappa shape index (κ3) is 4.91. The van der Waals surface area contributed by atoms with Gasteiger partial charge in [0.15, 0.2) is 0 Å². The summed E-state index contributed by atoms with van der Waals surface area (Å²) in [5.74, 6) is 0.607. The lowest BCUT2D eigenvalue weighted by Gasteiger charge is -2.18. The van der Waals surface area contributed by atoms with E-state index in [4.69, 9.17) is 28.6 Å². The second-order valence-electron chi connectivity index (χ2n) is 6.78. The largest absolute Gasteiger partial charge is 0.494 e. The molecule has 0 aliphatic heterocycles. The summed E-state index contributed by atoms with van der Waals surface area (Å²) >= 11 is 12.8. The average molecular weight is 433 g/mol. The number of carbonyl (C=O) groups is 1. The zero-order valence-electron chi connectivity index (χ0n) is 15.6. The summed E-state index contributed by atoms with van der Waals surface area (Å²) in [6.45, 7) is 2.35. The minimum absolute atomic E-state index is 0.131. The molecular formula is C21H21ClN2O2S2. The average Bonchev–Trinajstić information content (AvgIpc) is 2.68. The SMILES string of the molecule is Cc1cc(OCCCC(=O)Nc2sc(=S)c3c(c2C#N)CCCC3)ccc1Cl. The highest BCUT2D eigenvalue weighted by molar-refractivity contribution is 7.73. The van der Waals surface area contributed by atoms with E-state index in [0.717, 1.165) is 51.9 Å². The predicted molar refractivity (Wildman–Crippen MR) is 116 cm³/mol. The van der Waals surface area contributed by atoms with E-state index < -0.39 is 0 Å². The number of aryl methyl sites for hydroxylation is 1. The lowest BCUT2D eigenvalue weighted by molar-refractivity contribution is -0.116. The van der Waals surface area contributed by atoms with E-state index in [-0.39, 0.29) is 5.91 Å². The normalized spacial score (nSPS) is 12.8. The highest BCUT2D eigenvalue weighted by Crippen LogP contribution is 2.34. The van der Waals surface area contributed by atoms with Gasteiger partial charge in [-0.2, -0.15) is 5.26 Å². The van der Waals surface area contributed by atoms with Gasteiger partial charge in [-0.25, -0.2) is 0 Å². The zero-order valence-corrected chi connectivity index (χ0v) is 18.0. The lowest BCUT2D eigenvalue weighted by atomic mass is 9.91. The summed E-state index contributed by atoms with van der Waals surface area (Å²) in [6, 6.07) is 7.76. The van der Waals surface area contributed by atoms with Crippen LogP contribution in [0.4, 0.5) is 5.00 Å². The van der Waals surface area contributed by atoms with E-state index >= 15 is 0 Å². The number of nitriles is 1. The van der Waals surface area contributed by atoms with Crippen LogP contribution in [0, 0.1) is 22.1 Å². The highest BCUT2D eigenvalue weighted by atomic mass is 35.5. The van der Waals surface area contributed by atoms with E-state index in [1.165, 1.54) is 11.3 Å². The van der Waals surface area contributed by atoms with Gasteiger partial charge in [0.25, 0.3) is 0 Å². The summed E-state index contributed by atoms with van der Waals surface area (Å²) in [6.07, 6.45) is 4.83. The van der Waals surface area contributed by atoms with Crippen LogP contribution in [-0.4, -0.2) is 12.5 Å². The van der Waals surface area contributed by atoms with Crippen molar-refractivity contribution in [1.82, 2.24) is 0 Å². The molecule has 0 fully saturated rings. The van der Waals surface area contributed by atoms with Crippen molar-refractivity contribution >= 4 is 46.1 Å². The third-order valence-electron chi connectivity index (χ3n) is 4.75. The molecule has 1 N–H and O–H groups in total. The van der Waals surface area contributed by atoms with Crippen LogP contribution in [0.5, 0.6) is 5.75 Å². The van der Waals surface area contributed by atoms with Crippen molar-refractivity contribution in [2.45, 2.75) is 45.4 Å². The number of anilines is 1. The first kappa shape index (κ1) is 20.8. The van der Waals surface area contributed by atoms with Gasteiger partial charge in [0.1, 0.15) is 16.8 Å². The maximum Gasteiger partial charge on any atom is 0.225 e. The number of ether oxygens (including phenoxy) is 1. The summed E-state index contributed by atoms with van der Waals surface area (Å²) in [7, 11) is 0. The standard InChI is InChI=1S/C21H21ClN2O2S2/c1-13-11-14(8-9-18(13)22)26-10-4-7-19(25)24-20-17(12-23)15-5-2-3-6-16(15)21(27)28-20/h8-9,11H,2-7,10H2,1H3,(H,24,25). The molecule has 7 heteroatoms. The van der Waals surface area contributed by atoms with Gasteiger partial charge in [0, 0.05) is 11.4 Å². The molecule has 28 heavy (non-hydrogen) atoms. The molecule has 0 unspecified atom stereocenters. The Kier molecular flexibility index (Phi) is 7.06. The van der Waals surface area contributed by atoms with Crippen molar-refractivity contribution in [1.29, 1.82) is 5.26 Å². The Bertz CT molecular complexity index is 995. The number of amides is 1. The predicted octanol–water partition coefficient (Wildman–Crippen LogP) is 5.99. The number of hydrogen-bond acceptors (Lipinski definition) is 5. The smallest absolute Gasteiger partial charge is 0.225 e. The van der Waals surface area contributed by atoms with Crippen LogP contribution >= 0.6 is 35.2 Å². The van der Waals surface area contributed by atoms with Crippen molar-refractivity contribution in [2.24, 2.45) is 0 Å². The molecule has 0 spiro atoms. The van der Waals surface area contributed by atoms with Crippen LogP contribution in [0.2, 0.25) is 5.02 Å². The molecule has 1 aliphatic rings. The second-order valence-corrected chi connectivity index (χ2v) is 8.88. The monoisotopic (exact) mass is 432 g/mol. The van der Waals surface area contributed by atoms with Gasteiger partial charge in [-0.3, -0.25) is 4.79 Å². The van der Waals surface area contributed by atoms with E-state index in [0.29, 0.717) is 35.0 Å². The maximum absolute atomic E-state index is 12.3. The molecule has 0 saturated heterocycles. The Hall–Kier alpha value is -1.94. The Balaban J connectivity index is 1.58. The van der Waals surface area contributed by atoms with Gasteiger partial charge < -0.3 is 10.1 Å². The number of halogens is 1. The third-order valence-corrected chi connectivity index (χ3v) is 6.61. The van der Waals surface area contributed by atoms with Gasteiger partial charge in [0.05, 0.1) is 16.0 Å². The van der Waals surface area contributed by atoms with Crippen LogP contribution < -0.4 is 10.1 Å². The number of carbonyl (C=O) groups excluding carboxylic acids is 1. The fourth-order valence-electron chi connectivity index (χ4n) is 3.27. The van der Waals surface area contributed by atoms with Crippen molar-refractivity contribution in [3.8, 4) is 11.8 Å². The van der Waals surface area contributed by atoms with Crippen molar-refractivity contribution in [3.05, 3.63) is 49.3 Å². The zero-order chi connectivity index (χ0) is 20.1. The molecule has 0 bridgehead atoms. The van der Waals surface area contributed by atoms with Gasteiger partial charge in [-0.15, -0.1) is 11.3 Å². The van der Waals surface area contributed by atoms with Crippen molar-refractivity contribution < 1.29 is 9.53 Å². The minimum atomic E-state index is -0.131. The Morgan fingerprint density at radius 3 is 2.82 bits per heavy atom. The molecule has 1 heterocycles. The van der Waals surface area contributed by atoms with E-state index in [1.54, 1.807) is 6.07 Å². The highest BCUT2D eigenvalue weighted by Gasteiger charge is 2.20. The number of rotatable bonds is 6. The summed E-state index contributed by atoms with van der Waals surface area (Å²) in [5.41, 5.74) is 3.67. The van der Waals surface area contributed by atoms with Gasteiger partial charge in [-0.05, 0) is 73.9 Å². The maximum atomic E-state index is 12.3. The molecule has 1 amide bonds. The quantitative estimate of drug-likeness (QED) is 0.450. The van der Waals surface area contributed by atoms with Gasteiger partial charge >= 0.3 is 0 Å². The first-order valence-electron chi connectivity index (χ1n) is 9.27. The fourth-order valence-corrected chi connectivity index (χ4v) is 4.84. The van der Waals surface area contributed by atoms with E-state index in [2.05, 4.69) is 11.4 Å². The molecule has 2 aromatic rings. The number of benzene rings is 1. The number of hydrogen-bond donors (Lipinski definition) is 1. The van der Waals surface area contributed by atoms with Crippen LogP contribution in [0.3, 0.4) is 0 Å². The molecule has 146 valence electrons. The van der Waals surface area contributed by atoms with Crippen molar-refractivity contribution in [3.63, 3.8) is 0 Å². The topological polar surface area (TPSA) is 62.1 Å². The summed E-state index contributed by atoms with van der Waals surface area (Å²) in [5, 5.41) is 13.8. The summed E-state index contributed by atoms with van der Waals surface area (Å²) in [4.78, 5) is 12.3. The Morgan fingerprint density at radius 1 is 1.36 bits per heavy atom. The molecule has 1 aromatic heterocycles. The number of nitrogens with zero attached hydrogens (tertiary/aromatic N) is 1. The number of fused-ring (bicyclic) bond motifs is 1. The van der Waals surface area contributed by atoms with E-state index in [1.807, 2.05) is 19.1 Å². The molecule has 1 aliphatic carbocycles. The lowest BCUT2D eigenvalue weighted by Crippen LogP contribution is -2.15. The first-order valence-corrected chi connectivity index (χ1v) is 10.9. The molecule has 4 nitrogen and oxygen atoms in total. The van der Waals surface area contributed by atoms with E-state index in [9.17, 15) is 10.1 Å². The fraction of sp³-hybridized carbons (Fsp3) is 0.381. The second kappa shape index (κ2) is 9.51. The first-order chi connectivity index (χ1) is 13.5. The molecule has 0 atom stereocenters. The van der Waals surface area contributed by atoms with Gasteiger partial charge in [0.2, 0.25) is 5.91 Å². The van der Waals surface area contributed by atoms with Crippen LogP contribution in [0.25, 0.3) is 0 Å². The molecule has 3 rings (SSSR count). The van der Waals surface area contributed by atoms with Crippen LogP contribution in [0.1, 0.15) is 47.9 Å².